The van der Waals surface area contributed by atoms with E-state index in [9.17, 15) is 19.5 Å². The second-order valence-electron chi connectivity index (χ2n) is 6.88. The summed E-state index contributed by atoms with van der Waals surface area (Å²) in [5.41, 5.74) is 6.82. The van der Waals surface area contributed by atoms with Crippen LogP contribution in [-0.4, -0.2) is 39.5 Å². The molecule has 0 saturated carbocycles. The highest BCUT2D eigenvalue weighted by atomic mass is 32.2. The van der Waals surface area contributed by atoms with Gasteiger partial charge >= 0.3 is 12.0 Å². The number of para-hydroxylation sites is 1. The zero-order valence-electron chi connectivity index (χ0n) is 17.6. The number of rotatable bonds is 8. The fraction of sp³-hybridized carbons (Fsp3) is 0.238. The number of carboxylic acid groups (broad SMARTS) is 1. The first kappa shape index (κ1) is 22.9. The van der Waals surface area contributed by atoms with Crippen molar-refractivity contribution in [3.05, 3.63) is 59.3 Å². The van der Waals surface area contributed by atoms with Crippen LogP contribution in [0.2, 0.25) is 0 Å². The molecule has 1 aliphatic heterocycles. The van der Waals surface area contributed by atoms with Crippen molar-refractivity contribution in [2.75, 3.05) is 16.8 Å². The number of carbonyl (C=O) groups is 3. The van der Waals surface area contributed by atoms with Gasteiger partial charge in [0, 0.05) is 29.9 Å². The second-order valence-corrected chi connectivity index (χ2v) is 8.04. The number of benzene rings is 1. The van der Waals surface area contributed by atoms with Gasteiger partial charge in [0.1, 0.15) is 11.5 Å². The highest BCUT2D eigenvalue weighted by molar-refractivity contribution is 8.03. The molecular formula is C21H24N6O4S. The van der Waals surface area contributed by atoms with Crippen molar-refractivity contribution in [3.63, 3.8) is 0 Å². The Hall–Kier alpha value is -3.73. The molecular weight excluding hydrogens is 432 g/mol. The van der Waals surface area contributed by atoms with Gasteiger partial charge in [-0.1, -0.05) is 36.9 Å². The Morgan fingerprint density at radius 1 is 1.25 bits per heavy atom. The number of nitrogens with two attached hydrogens (primary N) is 1. The van der Waals surface area contributed by atoms with Crippen molar-refractivity contribution in [2.45, 2.75) is 25.3 Å². The summed E-state index contributed by atoms with van der Waals surface area (Å²) in [6.45, 7) is 3.90. The molecule has 3 amide bonds. The molecule has 2 heterocycles. The number of carbonyl (C=O) groups excluding carboxylic acids is 2. The fourth-order valence-corrected chi connectivity index (χ4v) is 4.06. The zero-order valence-corrected chi connectivity index (χ0v) is 18.4. The maximum Gasteiger partial charge on any atom is 0.352 e. The van der Waals surface area contributed by atoms with Crippen LogP contribution in [0.1, 0.15) is 30.6 Å². The Bertz CT molecular complexity index is 1060. The molecule has 0 bridgehead atoms. The first-order valence-corrected chi connectivity index (χ1v) is 10.8. The molecule has 0 fully saturated rings. The number of hydrogen-bond donors (Lipinski definition) is 5. The van der Waals surface area contributed by atoms with Crippen LogP contribution in [0.5, 0.6) is 0 Å². The highest BCUT2D eigenvalue weighted by Gasteiger charge is 2.37. The van der Waals surface area contributed by atoms with E-state index < -0.39 is 22.9 Å². The lowest BCUT2D eigenvalue weighted by atomic mass is 10.1. The zero-order chi connectivity index (χ0) is 23.3. The van der Waals surface area contributed by atoms with Gasteiger partial charge in [-0.05, 0) is 25.5 Å². The average molecular weight is 457 g/mol. The van der Waals surface area contributed by atoms with E-state index >= 15 is 0 Å². The Morgan fingerprint density at radius 2 is 1.97 bits per heavy atom. The molecule has 3 rings (SSSR count). The largest absolute Gasteiger partial charge is 0.477 e. The van der Waals surface area contributed by atoms with Gasteiger partial charge in [0.15, 0.2) is 4.99 Å². The van der Waals surface area contributed by atoms with Crippen LogP contribution in [0.25, 0.3) is 0 Å². The van der Waals surface area contributed by atoms with Gasteiger partial charge in [-0.15, -0.1) is 0 Å². The summed E-state index contributed by atoms with van der Waals surface area (Å²) < 4.78 is 0. The number of urea groups is 1. The van der Waals surface area contributed by atoms with Crippen LogP contribution in [0.3, 0.4) is 0 Å². The Morgan fingerprint density at radius 3 is 2.53 bits per heavy atom. The van der Waals surface area contributed by atoms with Gasteiger partial charge in [0.05, 0.1) is 11.3 Å². The molecule has 6 N–H and O–H groups in total. The van der Waals surface area contributed by atoms with Crippen LogP contribution >= 0.6 is 11.8 Å². The van der Waals surface area contributed by atoms with E-state index in [0.717, 1.165) is 5.69 Å². The number of carboxylic acids is 1. The molecule has 0 saturated heterocycles. The van der Waals surface area contributed by atoms with Crippen LogP contribution < -0.4 is 26.6 Å². The number of pyridine rings is 1. The van der Waals surface area contributed by atoms with E-state index in [4.69, 9.17) is 5.73 Å². The first-order valence-electron chi connectivity index (χ1n) is 9.89. The monoisotopic (exact) mass is 456 g/mol. The lowest BCUT2D eigenvalue weighted by molar-refractivity contribution is -0.133. The predicted molar refractivity (Wildman–Crippen MR) is 123 cm³/mol. The summed E-state index contributed by atoms with van der Waals surface area (Å²) >= 11 is 1.18. The number of anilines is 3. The molecule has 1 unspecified atom stereocenters. The summed E-state index contributed by atoms with van der Waals surface area (Å²) in [7, 11) is 0. The minimum atomic E-state index is -1.11. The van der Waals surface area contributed by atoms with E-state index in [1.165, 1.54) is 28.3 Å². The number of aliphatic carboxylic acids is 1. The molecule has 11 heteroatoms. The van der Waals surface area contributed by atoms with E-state index in [1.54, 1.807) is 13.0 Å². The molecule has 1 aromatic heterocycles. The van der Waals surface area contributed by atoms with Crippen LogP contribution in [0.15, 0.2) is 53.7 Å². The summed E-state index contributed by atoms with van der Waals surface area (Å²) in [5, 5.41) is 19.6. The van der Waals surface area contributed by atoms with E-state index in [1.807, 2.05) is 37.3 Å². The molecule has 168 valence electrons. The molecule has 1 aromatic carbocycles. The van der Waals surface area contributed by atoms with Crippen molar-refractivity contribution in [1.82, 2.24) is 15.6 Å². The summed E-state index contributed by atoms with van der Waals surface area (Å²) in [5.74, 6) is -1.28. The van der Waals surface area contributed by atoms with Gasteiger partial charge < -0.3 is 26.8 Å². The van der Waals surface area contributed by atoms with Gasteiger partial charge in [0.2, 0.25) is 0 Å². The average Bonchev–Trinajstić information content (AvgIpc) is 3.20. The number of nitrogens with zero attached hydrogens (tertiary/aromatic N) is 2. The maximum absolute atomic E-state index is 13.2. The minimum absolute atomic E-state index is 0.00769. The number of aromatic nitrogens is 1. The SMILES string of the molecule is CCN(C(N)=O)c1cc(Nc2ccccc2)c(C(=O)NC2(CC)NC(C(=O)O)=CS2)cn1. The third-order valence-corrected chi connectivity index (χ3v) is 6.05. The lowest BCUT2D eigenvalue weighted by Crippen LogP contribution is -2.53. The van der Waals surface area contributed by atoms with E-state index in [2.05, 4.69) is 20.9 Å². The second kappa shape index (κ2) is 9.60. The van der Waals surface area contributed by atoms with Crippen molar-refractivity contribution in [3.8, 4) is 0 Å². The number of nitrogens with one attached hydrogen (secondary N) is 3. The van der Waals surface area contributed by atoms with Crippen molar-refractivity contribution in [1.29, 1.82) is 0 Å². The number of primary amides is 1. The Balaban J connectivity index is 1.94. The Kier molecular flexibility index (Phi) is 6.89. The highest BCUT2D eigenvalue weighted by Crippen LogP contribution is 2.33. The maximum atomic E-state index is 13.2. The predicted octanol–water partition coefficient (Wildman–Crippen LogP) is 2.79. The molecule has 10 nitrogen and oxygen atoms in total. The van der Waals surface area contributed by atoms with Crippen molar-refractivity contribution in [2.24, 2.45) is 5.73 Å². The van der Waals surface area contributed by atoms with Crippen LogP contribution in [0.4, 0.5) is 22.0 Å². The molecule has 1 atom stereocenters. The smallest absolute Gasteiger partial charge is 0.352 e. The van der Waals surface area contributed by atoms with Crippen molar-refractivity contribution < 1.29 is 19.5 Å². The third kappa shape index (κ3) is 4.94. The number of hydrogen-bond acceptors (Lipinski definition) is 7. The van der Waals surface area contributed by atoms with Gasteiger partial charge in [-0.2, -0.15) is 0 Å². The number of amides is 3. The summed E-state index contributed by atoms with van der Waals surface area (Å²) in [6.07, 6.45) is 1.78. The topological polar surface area (TPSA) is 150 Å². The van der Waals surface area contributed by atoms with E-state index in [-0.39, 0.29) is 11.3 Å². The normalized spacial score (nSPS) is 17.1. The van der Waals surface area contributed by atoms with Gasteiger partial charge in [0.25, 0.3) is 5.91 Å². The molecule has 2 aromatic rings. The van der Waals surface area contributed by atoms with Gasteiger partial charge in [-0.3, -0.25) is 9.69 Å². The van der Waals surface area contributed by atoms with Crippen molar-refractivity contribution >= 4 is 46.9 Å². The first-order chi connectivity index (χ1) is 15.3. The Labute approximate surface area is 189 Å². The molecule has 1 aliphatic rings. The summed E-state index contributed by atoms with van der Waals surface area (Å²) in [4.78, 5) is 40.8. The minimum Gasteiger partial charge on any atom is -0.477 e. The standard InChI is InChI=1S/C21H24N6O4S/c1-3-21(25-16(12-32-21)19(29)30)26-18(28)14-11-23-17(27(4-2)20(22)31)10-15(14)24-13-8-6-5-7-9-13/h5-12,25H,3-4H2,1-2H3,(H2,22,31)(H,23,24)(H,26,28)(H,29,30). The van der Waals surface area contributed by atoms with Crippen LogP contribution in [-0.2, 0) is 4.79 Å². The third-order valence-electron chi connectivity index (χ3n) is 4.80. The fourth-order valence-electron chi connectivity index (χ4n) is 3.10. The number of thioether (sulfide) groups is 1. The molecule has 0 aliphatic carbocycles. The lowest BCUT2D eigenvalue weighted by Gasteiger charge is -2.30. The summed E-state index contributed by atoms with van der Waals surface area (Å²) in [6, 6.07) is 10.1. The molecule has 0 radical (unpaired) electrons. The molecule has 0 spiro atoms. The van der Waals surface area contributed by atoms with Crippen LogP contribution in [0, 0.1) is 0 Å². The quantitative estimate of drug-likeness (QED) is 0.407. The molecule has 32 heavy (non-hydrogen) atoms. The van der Waals surface area contributed by atoms with E-state index in [0.29, 0.717) is 24.5 Å². The van der Waals surface area contributed by atoms with Gasteiger partial charge in [-0.25, -0.2) is 14.6 Å².